The van der Waals surface area contributed by atoms with Gasteiger partial charge in [0.15, 0.2) is 5.65 Å². The number of para-hydroxylation sites is 1. The quantitative estimate of drug-likeness (QED) is 0.393. The minimum Gasteiger partial charge on any atom is -0.457 e. The number of benzene rings is 2. The highest BCUT2D eigenvalue weighted by Gasteiger charge is 2.30. The average molecular weight is 482 g/mol. The number of rotatable bonds is 5. The Hall–Kier alpha value is -4.73. The van der Waals surface area contributed by atoms with Crippen molar-refractivity contribution in [2.24, 2.45) is 0 Å². The van der Waals surface area contributed by atoms with Crippen LogP contribution in [-0.2, 0) is 0 Å². The standard InChI is InChI=1S/C26H23N7O3/c27-24-22-23(17-8-10-20(11-9-17)35-19-6-2-1-3-7-19)31-33(25(22)29-16-28-24)18-5-4-14-32(15-18)26(34)21-12-13-30-36-21/h1-3,6-13,16,18H,4-5,14-15H2,(H2,27,28,29)/t18-/m1/s1. The number of amides is 1. The van der Waals surface area contributed by atoms with Crippen LogP contribution in [0.25, 0.3) is 22.3 Å². The molecular formula is C26H23N7O3. The second-order valence-corrected chi connectivity index (χ2v) is 8.61. The molecule has 10 nitrogen and oxygen atoms in total. The van der Waals surface area contributed by atoms with E-state index >= 15 is 0 Å². The van der Waals surface area contributed by atoms with Crippen molar-refractivity contribution in [3.05, 3.63) is 78.9 Å². The van der Waals surface area contributed by atoms with Gasteiger partial charge in [-0.25, -0.2) is 14.6 Å². The van der Waals surface area contributed by atoms with Gasteiger partial charge in [0, 0.05) is 24.7 Å². The number of hydrogen-bond acceptors (Lipinski definition) is 8. The summed E-state index contributed by atoms with van der Waals surface area (Å²) in [5.41, 5.74) is 8.49. The summed E-state index contributed by atoms with van der Waals surface area (Å²) >= 11 is 0. The number of nitrogen functional groups attached to an aromatic ring is 1. The summed E-state index contributed by atoms with van der Waals surface area (Å²) in [6.07, 6.45) is 4.59. The van der Waals surface area contributed by atoms with Crippen LogP contribution in [0.2, 0.25) is 0 Å². The van der Waals surface area contributed by atoms with E-state index < -0.39 is 0 Å². The van der Waals surface area contributed by atoms with Crippen molar-refractivity contribution in [3.63, 3.8) is 0 Å². The van der Waals surface area contributed by atoms with Crippen LogP contribution in [0.3, 0.4) is 0 Å². The number of fused-ring (bicyclic) bond motifs is 1. The predicted octanol–water partition coefficient (Wildman–Crippen LogP) is 4.33. The summed E-state index contributed by atoms with van der Waals surface area (Å²) in [5.74, 6) is 1.88. The van der Waals surface area contributed by atoms with Gasteiger partial charge >= 0.3 is 0 Å². The highest BCUT2D eigenvalue weighted by molar-refractivity contribution is 5.98. The number of ether oxygens (including phenoxy) is 1. The number of carbonyl (C=O) groups excluding carboxylic acids is 1. The third-order valence-electron chi connectivity index (χ3n) is 6.30. The van der Waals surface area contributed by atoms with Crippen LogP contribution >= 0.6 is 0 Å². The Morgan fingerprint density at radius 1 is 1.03 bits per heavy atom. The number of anilines is 1. The second-order valence-electron chi connectivity index (χ2n) is 8.61. The van der Waals surface area contributed by atoms with Crippen LogP contribution in [0.4, 0.5) is 5.82 Å². The van der Waals surface area contributed by atoms with E-state index in [2.05, 4.69) is 15.1 Å². The predicted molar refractivity (Wildman–Crippen MR) is 132 cm³/mol. The molecule has 0 spiro atoms. The SMILES string of the molecule is Nc1ncnc2c1c(-c1ccc(Oc3ccccc3)cc1)nn2[C@@H]1CCCN(C(=O)c2ccno2)C1. The maximum absolute atomic E-state index is 12.9. The zero-order chi connectivity index (χ0) is 24.5. The summed E-state index contributed by atoms with van der Waals surface area (Å²) in [7, 11) is 0. The molecule has 1 aliphatic heterocycles. The molecule has 3 aromatic heterocycles. The lowest BCUT2D eigenvalue weighted by atomic mass is 10.1. The highest BCUT2D eigenvalue weighted by atomic mass is 16.5. The fraction of sp³-hybridized carbons (Fsp3) is 0.192. The largest absolute Gasteiger partial charge is 0.457 e. The van der Waals surface area contributed by atoms with Gasteiger partial charge in [0.1, 0.15) is 29.3 Å². The van der Waals surface area contributed by atoms with Gasteiger partial charge in [-0.3, -0.25) is 4.79 Å². The maximum atomic E-state index is 12.9. The van der Waals surface area contributed by atoms with Crippen molar-refractivity contribution in [1.29, 1.82) is 0 Å². The average Bonchev–Trinajstić information content (AvgIpc) is 3.59. The van der Waals surface area contributed by atoms with Crippen molar-refractivity contribution in [1.82, 2.24) is 29.8 Å². The number of nitrogens with zero attached hydrogens (tertiary/aromatic N) is 6. The Bertz CT molecular complexity index is 1500. The monoisotopic (exact) mass is 481 g/mol. The summed E-state index contributed by atoms with van der Waals surface area (Å²) in [5, 5.41) is 9.27. The molecule has 6 rings (SSSR count). The molecule has 5 aromatic rings. The molecule has 2 aromatic carbocycles. The highest BCUT2D eigenvalue weighted by Crippen LogP contribution is 2.35. The maximum Gasteiger partial charge on any atom is 0.292 e. The Morgan fingerprint density at radius 2 is 1.83 bits per heavy atom. The van der Waals surface area contributed by atoms with Crippen LogP contribution < -0.4 is 10.5 Å². The zero-order valence-corrected chi connectivity index (χ0v) is 19.3. The van der Waals surface area contributed by atoms with E-state index in [4.69, 9.17) is 20.1 Å². The van der Waals surface area contributed by atoms with Gasteiger partial charge in [-0.2, -0.15) is 5.10 Å². The Kier molecular flexibility index (Phi) is 5.53. The number of carbonyl (C=O) groups is 1. The second kappa shape index (κ2) is 9.14. The number of nitrogens with two attached hydrogens (primary N) is 1. The Morgan fingerprint density at radius 3 is 2.61 bits per heavy atom. The van der Waals surface area contributed by atoms with E-state index in [0.29, 0.717) is 41.4 Å². The first-order valence-electron chi connectivity index (χ1n) is 11.7. The summed E-state index contributed by atoms with van der Waals surface area (Å²) < 4.78 is 12.9. The van der Waals surface area contributed by atoms with Crippen molar-refractivity contribution < 1.29 is 14.1 Å². The molecule has 0 aliphatic carbocycles. The van der Waals surface area contributed by atoms with Gasteiger partial charge in [-0.05, 0) is 49.2 Å². The summed E-state index contributed by atoms with van der Waals surface area (Å²) in [6, 6.07) is 18.8. The van der Waals surface area contributed by atoms with Gasteiger partial charge in [0.25, 0.3) is 5.91 Å². The lowest BCUT2D eigenvalue weighted by Gasteiger charge is -2.32. The minimum atomic E-state index is -0.183. The molecule has 1 saturated heterocycles. The molecular weight excluding hydrogens is 458 g/mol. The molecule has 1 atom stereocenters. The van der Waals surface area contributed by atoms with Crippen LogP contribution in [0.1, 0.15) is 29.4 Å². The molecule has 4 heterocycles. The lowest BCUT2D eigenvalue weighted by Crippen LogP contribution is -2.40. The van der Waals surface area contributed by atoms with E-state index in [0.717, 1.165) is 24.2 Å². The van der Waals surface area contributed by atoms with E-state index in [1.165, 1.54) is 12.5 Å². The normalized spacial score (nSPS) is 15.8. The van der Waals surface area contributed by atoms with Gasteiger partial charge in [0.2, 0.25) is 5.76 Å². The molecule has 0 saturated carbocycles. The molecule has 1 fully saturated rings. The molecule has 1 aliphatic rings. The molecule has 36 heavy (non-hydrogen) atoms. The molecule has 0 bridgehead atoms. The summed E-state index contributed by atoms with van der Waals surface area (Å²) in [6.45, 7) is 1.12. The van der Waals surface area contributed by atoms with Gasteiger partial charge in [-0.15, -0.1) is 0 Å². The number of piperidine rings is 1. The topological polar surface area (TPSA) is 125 Å². The molecule has 10 heteroatoms. The van der Waals surface area contributed by atoms with Crippen LogP contribution in [0.5, 0.6) is 11.5 Å². The van der Waals surface area contributed by atoms with Crippen molar-refractivity contribution in [2.75, 3.05) is 18.8 Å². The van der Waals surface area contributed by atoms with Gasteiger partial charge < -0.3 is 19.9 Å². The molecule has 0 radical (unpaired) electrons. The van der Waals surface area contributed by atoms with Crippen LogP contribution in [0, 0.1) is 0 Å². The van der Waals surface area contributed by atoms with E-state index in [-0.39, 0.29) is 17.7 Å². The van der Waals surface area contributed by atoms with Crippen molar-refractivity contribution in [3.8, 4) is 22.8 Å². The molecule has 2 N–H and O–H groups in total. The number of aromatic nitrogens is 5. The zero-order valence-electron chi connectivity index (χ0n) is 19.3. The van der Waals surface area contributed by atoms with E-state index in [1.807, 2.05) is 59.3 Å². The first-order valence-corrected chi connectivity index (χ1v) is 11.7. The lowest BCUT2D eigenvalue weighted by molar-refractivity contribution is 0.0633. The van der Waals surface area contributed by atoms with Crippen molar-refractivity contribution >= 4 is 22.8 Å². The molecule has 180 valence electrons. The van der Waals surface area contributed by atoms with Crippen molar-refractivity contribution in [2.45, 2.75) is 18.9 Å². The van der Waals surface area contributed by atoms with Gasteiger partial charge in [0.05, 0.1) is 17.6 Å². The third kappa shape index (κ3) is 4.02. The van der Waals surface area contributed by atoms with E-state index in [1.54, 1.807) is 11.0 Å². The molecule has 1 amide bonds. The third-order valence-corrected chi connectivity index (χ3v) is 6.30. The Labute approximate surface area is 206 Å². The van der Waals surface area contributed by atoms with Crippen LogP contribution in [0.15, 0.2) is 77.7 Å². The first-order chi connectivity index (χ1) is 17.7. The first kappa shape index (κ1) is 21.8. The van der Waals surface area contributed by atoms with Crippen LogP contribution in [-0.4, -0.2) is 48.8 Å². The smallest absolute Gasteiger partial charge is 0.292 e. The number of likely N-dealkylation sites (tertiary alicyclic amines) is 1. The molecule has 0 unspecified atom stereocenters. The minimum absolute atomic E-state index is 0.0724. The fourth-order valence-corrected chi connectivity index (χ4v) is 4.58. The van der Waals surface area contributed by atoms with Gasteiger partial charge in [-0.1, -0.05) is 23.4 Å². The fourth-order valence-electron chi connectivity index (χ4n) is 4.58. The van der Waals surface area contributed by atoms with E-state index in [9.17, 15) is 4.79 Å². The summed E-state index contributed by atoms with van der Waals surface area (Å²) in [4.78, 5) is 23.3. The number of hydrogen-bond donors (Lipinski definition) is 1. The Balaban J connectivity index is 1.32.